The Kier molecular flexibility index (Phi) is 7.64. The number of amides is 1. The predicted molar refractivity (Wildman–Crippen MR) is 150 cm³/mol. The summed E-state index contributed by atoms with van der Waals surface area (Å²) in [7, 11) is 0. The van der Waals surface area contributed by atoms with Crippen molar-refractivity contribution in [3.05, 3.63) is 131 Å². The first-order valence-electron chi connectivity index (χ1n) is 11.7. The maximum absolute atomic E-state index is 12.6. The first-order chi connectivity index (χ1) is 18.2. The molecule has 0 saturated carbocycles. The van der Waals surface area contributed by atoms with Gasteiger partial charge in [0.05, 0.1) is 11.9 Å². The second-order valence-corrected chi connectivity index (χ2v) is 8.98. The summed E-state index contributed by atoms with van der Waals surface area (Å²) in [5.74, 6) is 0.397. The number of para-hydroxylation sites is 2. The molecule has 1 heterocycles. The Morgan fingerprint density at radius 3 is 2.35 bits per heavy atom. The van der Waals surface area contributed by atoms with Crippen LogP contribution in [-0.4, -0.2) is 17.1 Å². The van der Waals surface area contributed by atoms with E-state index in [4.69, 9.17) is 4.74 Å². The van der Waals surface area contributed by atoms with Crippen LogP contribution in [0.3, 0.4) is 0 Å². The van der Waals surface area contributed by atoms with Crippen molar-refractivity contribution >= 4 is 34.3 Å². The summed E-state index contributed by atoms with van der Waals surface area (Å²) >= 11 is 1.53. The van der Waals surface area contributed by atoms with Gasteiger partial charge in [0.2, 0.25) is 0 Å². The Hall–Kier alpha value is -4.75. The molecule has 0 fully saturated rings. The summed E-state index contributed by atoms with van der Waals surface area (Å²) in [6, 6.07) is 34.7. The van der Waals surface area contributed by atoms with E-state index in [1.165, 1.54) is 11.3 Å². The lowest BCUT2D eigenvalue weighted by Crippen LogP contribution is -2.17. The fourth-order valence-corrected chi connectivity index (χ4v) is 4.32. The normalized spacial score (nSPS) is 10.8. The number of thiazole rings is 1. The summed E-state index contributed by atoms with van der Waals surface area (Å²) in [5, 5.41) is 10.2. The number of benzene rings is 4. The van der Waals surface area contributed by atoms with Crippen LogP contribution in [0.25, 0.3) is 11.3 Å². The molecular formula is C30H24N4O2S. The van der Waals surface area contributed by atoms with Gasteiger partial charge in [-0.25, -0.2) is 10.4 Å². The van der Waals surface area contributed by atoms with Gasteiger partial charge in [0.1, 0.15) is 12.4 Å². The minimum Gasteiger partial charge on any atom is -0.488 e. The zero-order valence-electron chi connectivity index (χ0n) is 19.9. The Bertz CT molecular complexity index is 1480. The molecular weight excluding hydrogens is 480 g/mol. The number of hydrogen-bond donors (Lipinski definition) is 2. The Morgan fingerprint density at radius 2 is 1.57 bits per heavy atom. The molecule has 0 saturated heterocycles. The van der Waals surface area contributed by atoms with Crippen LogP contribution >= 0.6 is 11.3 Å². The second kappa shape index (κ2) is 11.8. The molecule has 0 radical (unpaired) electrons. The van der Waals surface area contributed by atoms with Crippen molar-refractivity contribution in [1.82, 2.24) is 10.4 Å². The first kappa shape index (κ1) is 24.0. The predicted octanol–water partition coefficient (Wildman–Crippen LogP) is 6.90. The van der Waals surface area contributed by atoms with Crippen LogP contribution in [0, 0.1) is 0 Å². The number of aromatic nitrogens is 1. The molecule has 1 amide bonds. The van der Waals surface area contributed by atoms with E-state index in [1.807, 2.05) is 102 Å². The van der Waals surface area contributed by atoms with Crippen LogP contribution in [-0.2, 0) is 6.61 Å². The fourth-order valence-electron chi connectivity index (χ4n) is 3.58. The lowest BCUT2D eigenvalue weighted by Gasteiger charge is -2.09. The molecule has 0 bridgehead atoms. The Morgan fingerprint density at radius 1 is 0.865 bits per heavy atom. The van der Waals surface area contributed by atoms with E-state index in [0.717, 1.165) is 33.2 Å². The second-order valence-electron chi connectivity index (χ2n) is 8.12. The summed E-state index contributed by atoms with van der Waals surface area (Å²) in [5.41, 5.74) is 7.72. The average Bonchev–Trinajstić information content (AvgIpc) is 3.42. The van der Waals surface area contributed by atoms with Gasteiger partial charge in [0.25, 0.3) is 5.91 Å². The van der Waals surface area contributed by atoms with Gasteiger partial charge in [-0.3, -0.25) is 4.79 Å². The highest BCUT2D eigenvalue weighted by molar-refractivity contribution is 7.14. The lowest BCUT2D eigenvalue weighted by molar-refractivity contribution is 0.0955. The van der Waals surface area contributed by atoms with Crippen LogP contribution in [0.2, 0.25) is 0 Å². The molecule has 0 atom stereocenters. The van der Waals surface area contributed by atoms with Crippen molar-refractivity contribution in [2.24, 2.45) is 5.10 Å². The van der Waals surface area contributed by atoms with Crippen LogP contribution in [0.1, 0.15) is 21.5 Å². The SMILES string of the molecule is O=C(N/N=C\c1ccccc1OCc1ccccc1)c1ccc(-c2csc(Nc3ccccc3)n2)cc1. The molecule has 5 rings (SSSR count). The number of ether oxygens (including phenoxy) is 1. The van der Waals surface area contributed by atoms with Crippen molar-refractivity contribution in [3.8, 4) is 17.0 Å². The van der Waals surface area contributed by atoms with Crippen LogP contribution in [0.15, 0.2) is 120 Å². The first-order valence-corrected chi connectivity index (χ1v) is 12.6. The number of hydrogen-bond acceptors (Lipinski definition) is 6. The number of hydrazone groups is 1. The molecule has 0 spiro atoms. The van der Waals surface area contributed by atoms with Crippen LogP contribution in [0.5, 0.6) is 5.75 Å². The smallest absolute Gasteiger partial charge is 0.271 e. The standard InChI is InChI=1S/C30H24N4O2S/c35-29(34-31-19-25-11-7-8-14-28(25)36-20-22-9-3-1-4-10-22)24-17-15-23(16-18-24)27-21-37-30(33-27)32-26-12-5-2-6-13-26/h1-19,21H,20H2,(H,32,33)(H,34,35)/b31-19-. The molecule has 5 aromatic rings. The molecule has 0 aliphatic rings. The molecule has 2 N–H and O–H groups in total. The minimum atomic E-state index is -0.296. The molecule has 0 aliphatic carbocycles. The van der Waals surface area contributed by atoms with E-state index in [2.05, 4.69) is 20.8 Å². The minimum absolute atomic E-state index is 0.296. The number of nitrogens with zero attached hydrogens (tertiary/aromatic N) is 2. The third-order valence-electron chi connectivity index (χ3n) is 5.50. The number of nitrogens with one attached hydrogen (secondary N) is 2. The highest BCUT2D eigenvalue weighted by atomic mass is 32.1. The van der Waals surface area contributed by atoms with E-state index in [1.54, 1.807) is 18.3 Å². The summed E-state index contributed by atoms with van der Waals surface area (Å²) in [4.78, 5) is 17.3. The number of anilines is 2. The zero-order valence-corrected chi connectivity index (χ0v) is 20.7. The highest BCUT2D eigenvalue weighted by Gasteiger charge is 2.08. The Balaban J connectivity index is 1.18. The van der Waals surface area contributed by atoms with Crippen molar-refractivity contribution in [2.45, 2.75) is 6.61 Å². The molecule has 6 nitrogen and oxygen atoms in total. The molecule has 37 heavy (non-hydrogen) atoms. The van der Waals surface area contributed by atoms with E-state index < -0.39 is 0 Å². The van der Waals surface area contributed by atoms with Crippen molar-refractivity contribution < 1.29 is 9.53 Å². The average molecular weight is 505 g/mol. The quantitative estimate of drug-likeness (QED) is 0.169. The van der Waals surface area contributed by atoms with Gasteiger partial charge in [0.15, 0.2) is 5.13 Å². The number of rotatable bonds is 9. The van der Waals surface area contributed by atoms with Gasteiger partial charge in [-0.1, -0.05) is 72.8 Å². The lowest BCUT2D eigenvalue weighted by atomic mass is 10.1. The monoisotopic (exact) mass is 504 g/mol. The van der Waals surface area contributed by atoms with Gasteiger partial charge >= 0.3 is 0 Å². The fraction of sp³-hybridized carbons (Fsp3) is 0.0333. The van der Waals surface area contributed by atoms with Gasteiger partial charge in [0, 0.05) is 27.8 Å². The molecule has 4 aromatic carbocycles. The molecule has 182 valence electrons. The van der Waals surface area contributed by atoms with Crippen LogP contribution < -0.4 is 15.5 Å². The third kappa shape index (κ3) is 6.48. The van der Waals surface area contributed by atoms with E-state index >= 15 is 0 Å². The van der Waals surface area contributed by atoms with Gasteiger partial charge in [-0.05, 0) is 42.0 Å². The summed E-state index contributed by atoms with van der Waals surface area (Å²) in [6.07, 6.45) is 1.59. The summed E-state index contributed by atoms with van der Waals surface area (Å²) in [6.45, 7) is 0.452. The maximum atomic E-state index is 12.6. The number of carbonyl (C=O) groups is 1. The molecule has 1 aromatic heterocycles. The highest BCUT2D eigenvalue weighted by Crippen LogP contribution is 2.27. The van der Waals surface area contributed by atoms with Crippen LogP contribution in [0.4, 0.5) is 10.8 Å². The Labute approximate surface area is 219 Å². The van der Waals surface area contributed by atoms with Gasteiger partial charge in [-0.2, -0.15) is 5.10 Å². The molecule has 7 heteroatoms. The summed E-state index contributed by atoms with van der Waals surface area (Å²) < 4.78 is 5.94. The number of carbonyl (C=O) groups excluding carboxylic acids is 1. The largest absolute Gasteiger partial charge is 0.488 e. The van der Waals surface area contributed by atoms with Crippen molar-refractivity contribution in [1.29, 1.82) is 0 Å². The molecule has 0 unspecified atom stereocenters. The maximum Gasteiger partial charge on any atom is 0.271 e. The van der Waals surface area contributed by atoms with E-state index in [0.29, 0.717) is 17.9 Å². The van der Waals surface area contributed by atoms with Crippen molar-refractivity contribution in [3.63, 3.8) is 0 Å². The zero-order chi connectivity index (χ0) is 25.3. The van der Waals surface area contributed by atoms with Gasteiger partial charge in [-0.15, -0.1) is 11.3 Å². The third-order valence-corrected chi connectivity index (χ3v) is 6.26. The van der Waals surface area contributed by atoms with E-state index in [9.17, 15) is 4.79 Å². The molecule has 0 aliphatic heterocycles. The topological polar surface area (TPSA) is 75.6 Å². The van der Waals surface area contributed by atoms with Crippen molar-refractivity contribution in [2.75, 3.05) is 5.32 Å². The van der Waals surface area contributed by atoms with Gasteiger partial charge < -0.3 is 10.1 Å². The van der Waals surface area contributed by atoms with E-state index in [-0.39, 0.29) is 5.91 Å².